The normalized spacial score (nSPS) is 14.1. The fourth-order valence-corrected chi connectivity index (χ4v) is 4.41. The van der Waals surface area contributed by atoms with Crippen molar-refractivity contribution in [2.45, 2.75) is 50.7 Å². The predicted octanol–water partition coefficient (Wildman–Crippen LogP) is 2.38. The number of phenolic OH excluding ortho intramolecular Hbond substituents is 1. The summed E-state index contributed by atoms with van der Waals surface area (Å²) in [5.41, 5.74) is 13.3. The minimum Gasteiger partial charge on any atom is -0.508 e. The summed E-state index contributed by atoms with van der Waals surface area (Å²) in [7, 11) is 1.50. The van der Waals surface area contributed by atoms with Gasteiger partial charge in [-0.25, -0.2) is 4.39 Å². The van der Waals surface area contributed by atoms with Crippen LogP contribution in [0, 0.1) is 12.7 Å². The summed E-state index contributed by atoms with van der Waals surface area (Å²) in [4.78, 5) is 40.9. The van der Waals surface area contributed by atoms with E-state index in [-0.39, 0.29) is 25.0 Å². The highest BCUT2D eigenvalue weighted by atomic mass is 19.1. The second-order valence-electron chi connectivity index (χ2n) is 10.0. The molecule has 3 aromatic carbocycles. The second kappa shape index (κ2) is 12.5. The highest BCUT2D eigenvalue weighted by molar-refractivity contribution is 5.95. The Hall–Kier alpha value is -4.24. The maximum Gasteiger partial charge on any atom is 0.246 e. The van der Waals surface area contributed by atoms with Crippen LogP contribution in [0.15, 0.2) is 72.8 Å². The van der Waals surface area contributed by atoms with Crippen molar-refractivity contribution in [1.29, 1.82) is 0 Å². The number of rotatable bonds is 11. The van der Waals surface area contributed by atoms with E-state index in [9.17, 15) is 23.9 Å². The molecule has 206 valence electrons. The number of nitrogens with one attached hydrogen (secondary N) is 1. The van der Waals surface area contributed by atoms with Gasteiger partial charge in [0.25, 0.3) is 0 Å². The molecule has 0 radical (unpaired) electrons. The molecule has 0 unspecified atom stereocenters. The first-order chi connectivity index (χ1) is 18.4. The summed E-state index contributed by atoms with van der Waals surface area (Å²) >= 11 is 0. The van der Waals surface area contributed by atoms with Gasteiger partial charge in [0.1, 0.15) is 23.1 Å². The van der Waals surface area contributed by atoms with Gasteiger partial charge in [-0.3, -0.25) is 14.4 Å². The van der Waals surface area contributed by atoms with Crippen LogP contribution in [0.5, 0.6) is 5.75 Å². The van der Waals surface area contributed by atoms with E-state index < -0.39 is 41.2 Å². The third kappa shape index (κ3) is 7.42. The summed E-state index contributed by atoms with van der Waals surface area (Å²) in [6.45, 7) is 3.34. The summed E-state index contributed by atoms with van der Waals surface area (Å²) in [6.07, 6.45) is 0.400. The van der Waals surface area contributed by atoms with Gasteiger partial charge in [0.2, 0.25) is 17.7 Å². The van der Waals surface area contributed by atoms with Crippen LogP contribution in [0.25, 0.3) is 0 Å². The van der Waals surface area contributed by atoms with Gasteiger partial charge in [0.05, 0.1) is 6.04 Å². The molecule has 3 amide bonds. The zero-order valence-corrected chi connectivity index (χ0v) is 22.4. The summed E-state index contributed by atoms with van der Waals surface area (Å²) in [6, 6.07) is 17.7. The van der Waals surface area contributed by atoms with Crippen molar-refractivity contribution in [1.82, 2.24) is 10.2 Å². The largest absolute Gasteiger partial charge is 0.508 e. The van der Waals surface area contributed by atoms with Crippen molar-refractivity contribution in [2.75, 3.05) is 7.05 Å². The number of aromatic hydroxyl groups is 1. The lowest BCUT2D eigenvalue weighted by atomic mass is 9.88. The Balaban J connectivity index is 1.87. The van der Waals surface area contributed by atoms with E-state index in [0.29, 0.717) is 16.7 Å². The number of hydrogen-bond acceptors (Lipinski definition) is 5. The monoisotopic (exact) mass is 534 g/mol. The Morgan fingerprint density at radius 3 is 2.18 bits per heavy atom. The third-order valence-corrected chi connectivity index (χ3v) is 6.99. The number of primary amides is 1. The highest BCUT2D eigenvalue weighted by Crippen LogP contribution is 2.23. The smallest absolute Gasteiger partial charge is 0.246 e. The number of benzene rings is 3. The van der Waals surface area contributed by atoms with E-state index in [0.717, 1.165) is 5.56 Å². The fourth-order valence-electron chi connectivity index (χ4n) is 4.41. The highest BCUT2D eigenvalue weighted by Gasteiger charge is 2.42. The molecule has 0 fully saturated rings. The van der Waals surface area contributed by atoms with Crippen molar-refractivity contribution in [3.05, 3.63) is 101 Å². The molecule has 3 rings (SSSR count). The Labute approximate surface area is 227 Å². The molecule has 0 heterocycles. The van der Waals surface area contributed by atoms with Crippen LogP contribution >= 0.6 is 0 Å². The molecule has 39 heavy (non-hydrogen) atoms. The zero-order chi connectivity index (χ0) is 28.7. The molecule has 0 bridgehead atoms. The minimum absolute atomic E-state index is 0.103. The van der Waals surface area contributed by atoms with Crippen molar-refractivity contribution in [3.8, 4) is 5.75 Å². The van der Waals surface area contributed by atoms with E-state index in [2.05, 4.69) is 5.32 Å². The molecule has 8 nitrogen and oxygen atoms in total. The summed E-state index contributed by atoms with van der Waals surface area (Å²) in [5.74, 6) is -2.08. The van der Waals surface area contributed by atoms with E-state index in [1.807, 2.05) is 30.3 Å². The number of nitrogens with two attached hydrogens (primary N) is 2. The molecule has 0 aliphatic carbocycles. The molecular formula is C30H35FN4O4. The van der Waals surface area contributed by atoms with Gasteiger partial charge in [0, 0.05) is 19.9 Å². The fraction of sp³-hybridized carbons (Fsp3) is 0.300. The van der Waals surface area contributed by atoms with Crippen LogP contribution in [0.1, 0.15) is 29.2 Å². The molecule has 0 aliphatic heterocycles. The predicted molar refractivity (Wildman–Crippen MR) is 147 cm³/mol. The van der Waals surface area contributed by atoms with Crippen molar-refractivity contribution >= 4 is 17.7 Å². The Morgan fingerprint density at radius 2 is 1.59 bits per heavy atom. The van der Waals surface area contributed by atoms with Crippen LogP contribution in [-0.4, -0.2) is 52.4 Å². The van der Waals surface area contributed by atoms with Crippen molar-refractivity contribution in [2.24, 2.45) is 11.5 Å². The SMILES string of the molecule is Cc1cc(C[C@H](NC(=O)[C@@](C)(Cc2ccccc2)N(C)C(=O)[C@@H](N)Cc2ccc(F)cc2)C(N)=O)ccc1O. The molecule has 3 atom stereocenters. The van der Waals surface area contributed by atoms with Crippen LogP contribution in [0.4, 0.5) is 4.39 Å². The van der Waals surface area contributed by atoms with Gasteiger partial charge in [-0.15, -0.1) is 0 Å². The van der Waals surface area contributed by atoms with Crippen LogP contribution in [0.3, 0.4) is 0 Å². The minimum atomic E-state index is -1.43. The number of phenols is 1. The topological polar surface area (TPSA) is 139 Å². The number of aryl methyl sites for hydroxylation is 1. The van der Waals surface area contributed by atoms with Crippen LogP contribution in [0.2, 0.25) is 0 Å². The standard InChI is InChI=1S/C30H35FN4O4/c1-19-15-22(11-14-26(19)36)17-25(27(33)37)34-29(39)30(2,18-21-7-5-4-6-8-21)35(3)28(38)24(32)16-20-9-12-23(31)13-10-20/h4-15,24-25,36H,16-18,32H2,1-3H3,(H2,33,37)(H,34,39)/t24-,25-,30+/m0/s1. The lowest BCUT2D eigenvalue weighted by Crippen LogP contribution is -2.63. The molecule has 0 aliphatic rings. The van der Waals surface area contributed by atoms with Crippen LogP contribution in [-0.2, 0) is 33.6 Å². The molecular weight excluding hydrogens is 499 g/mol. The average Bonchev–Trinajstić information content (AvgIpc) is 2.91. The number of carbonyl (C=O) groups is 3. The molecule has 6 N–H and O–H groups in total. The van der Waals surface area contributed by atoms with E-state index >= 15 is 0 Å². The zero-order valence-electron chi connectivity index (χ0n) is 22.4. The van der Waals surface area contributed by atoms with E-state index in [4.69, 9.17) is 11.5 Å². The summed E-state index contributed by atoms with van der Waals surface area (Å²) in [5, 5.41) is 12.6. The van der Waals surface area contributed by atoms with Gasteiger partial charge in [0.15, 0.2) is 0 Å². The number of halogens is 1. The number of hydrogen-bond donors (Lipinski definition) is 4. The summed E-state index contributed by atoms with van der Waals surface area (Å²) < 4.78 is 13.3. The molecule has 3 aromatic rings. The average molecular weight is 535 g/mol. The first kappa shape index (κ1) is 29.3. The van der Waals surface area contributed by atoms with Gasteiger partial charge in [-0.05, 0) is 60.7 Å². The third-order valence-electron chi connectivity index (χ3n) is 6.99. The first-order valence-electron chi connectivity index (χ1n) is 12.6. The first-order valence-corrected chi connectivity index (χ1v) is 12.6. The Kier molecular flexibility index (Phi) is 9.42. The van der Waals surface area contributed by atoms with Crippen molar-refractivity contribution < 1.29 is 23.9 Å². The van der Waals surface area contributed by atoms with Gasteiger partial charge in [-0.2, -0.15) is 0 Å². The Bertz CT molecular complexity index is 1320. The maximum absolute atomic E-state index is 13.8. The number of nitrogens with zero attached hydrogens (tertiary/aromatic N) is 1. The van der Waals surface area contributed by atoms with E-state index in [1.165, 1.54) is 30.1 Å². The molecule has 0 saturated carbocycles. The lowest BCUT2D eigenvalue weighted by Gasteiger charge is -2.39. The number of likely N-dealkylation sites (N-methyl/N-ethyl adjacent to an activating group) is 1. The second-order valence-corrected chi connectivity index (χ2v) is 10.0. The Morgan fingerprint density at radius 1 is 0.974 bits per heavy atom. The van der Waals surface area contributed by atoms with Gasteiger partial charge < -0.3 is 26.8 Å². The quantitative estimate of drug-likeness (QED) is 0.299. The molecule has 0 saturated heterocycles. The van der Waals surface area contributed by atoms with E-state index in [1.54, 1.807) is 38.1 Å². The molecule has 0 spiro atoms. The molecule has 9 heteroatoms. The lowest BCUT2D eigenvalue weighted by molar-refractivity contribution is -0.146. The molecule has 0 aromatic heterocycles. The number of carbonyl (C=O) groups excluding carboxylic acids is 3. The van der Waals surface area contributed by atoms with Crippen LogP contribution < -0.4 is 16.8 Å². The van der Waals surface area contributed by atoms with Crippen molar-refractivity contribution in [3.63, 3.8) is 0 Å². The van der Waals surface area contributed by atoms with Gasteiger partial charge >= 0.3 is 0 Å². The maximum atomic E-state index is 13.8. The number of amides is 3. The van der Waals surface area contributed by atoms with Gasteiger partial charge in [-0.1, -0.05) is 54.6 Å².